The number of para-hydroxylation sites is 2. The molecule has 43 heavy (non-hydrogen) atoms. The topological polar surface area (TPSA) is 42.4 Å². The summed E-state index contributed by atoms with van der Waals surface area (Å²) >= 11 is 0. The van der Waals surface area contributed by atoms with Crippen LogP contribution in [0.1, 0.15) is 0 Å². The summed E-state index contributed by atoms with van der Waals surface area (Å²) in [5.41, 5.74) is 9.04. The van der Waals surface area contributed by atoms with Crippen LogP contribution in [0.4, 0.5) is 17.1 Å². The van der Waals surface area contributed by atoms with E-state index in [-0.39, 0.29) is 0 Å². The molecule has 0 bridgehead atoms. The number of nitrogens with zero attached hydrogens (tertiary/aromatic N) is 2. The minimum atomic E-state index is 0.875. The van der Waals surface area contributed by atoms with Crippen LogP contribution in [-0.2, 0) is 0 Å². The van der Waals surface area contributed by atoms with Crippen molar-refractivity contribution in [2.24, 2.45) is 0 Å². The summed E-state index contributed by atoms with van der Waals surface area (Å²) in [5, 5.41) is 6.59. The second-order valence-electron chi connectivity index (χ2n) is 10.8. The zero-order chi connectivity index (χ0) is 28.3. The largest absolute Gasteiger partial charge is 0.456 e. The van der Waals surface area contributed by atoms with Gasteiger partial charge in [0.25, 0.3) is 0 Å². The van der Waals surface area contributed by atoms with Crippen molar-refractivity contribution in [2.75, 3.05) is 4.90 Å². The van der Waals surface area contributed by atoms with Crippen LogP contribution in [0.15, 0.2) is 155 Å². The van der Waals surface area contributed by atoms with Gasteiger partial charge < -0.3 is 13.7 Å². The first-order chi connectivity index (χ1) is 21.3. The predicted molar refractivity (Wildman–Crippen MR) is 176 cm³/mol. The van der Waals surface area contributed by atoms with E-state index in [4.69, 9.17) is 8.83 Å². The third-order valence-corrected chi connectivity index (χ3v) is 8.35. The van der Waals surface area contributed by atoms with Crippen LogP contribution < -0.4 is 4.90 Å². The fraction of sp³-hybridized carbons (Fsp3) is 0. The van der Waals surface area contributed by atoms with Crippen molar-refractivity contribution in [3.63, 3.8) is 0 Å². The average molecular weight is 553 g/mol. The molecule has 3 heterocycles. The molecule has 0 saturated carbocycles. The third kappa shape index (κ3) is 3.74. The van der Waals surface area contributed by atoms with Crippen LogP contribution in [-0.4, -0.2) is 4.98 Å². The molecule has 0 fully saturated rings. The predicted octanol–water partition coefficient (Wildman–Crippen LogP) is 11.2. The van der Waals surface area contributed by atoms with E-state index < -0.39 is 0 Å². The summed E-state index contributed by atoms with van der Waals surface area (Å²) in [5.74, 6) is 0. The average Bonchev–Trinajstić information content (AvgIpc) is 3.64. The molecule has 0 radical (unpaired) electrons. The van der Waals surface area contributed by atoms with Crippen molar-refractivity contribution in [1.82, 2.24) is 4.98 Å². The number of aromatic nitrogens is 1. The Balaban J connectivity index is 1.19. The second kappa shape index (κ2) is 9.33. The summed E-state index contributed by atoms with van der Waals surface area (Å²) in [6.07, 6.45) is 3.70. The van der Waals surface area contributed by atoms with E-state index in [1.165, 1.54) is 0 Å². The summed E-state index contributed by atoms with van der Waals surface area (Å²) < 4.78 is 12.5. The highest BCUT2D eigenvalue weighted by Crippen LogP contribution is 2.42. The maximum Gasteiger partial charge on any atom is 0.144 e. The van der Waals surface area contributed by atoms with Crippen molar-refractivity contribution < 1.29 is 8.83 Å². The molecule has 0 aliphatic carbocycles. The Morgan fingerprint density at radius 2 is 1.26 bits per heavy atom. The van der Waals surface area contributed by atoms with E-state index in [1.807, 2.05) is 42.7 Å². The molecule has 0 spiro atoms. The number of anilines is 3. The Morgan fingerprint density at radius 3 is 2.16 bits per heavy atom. The zero-order valence-electron chi connectivity index (χ0n) is 23.1. The first-order valence-corrected chi connectivity index (χ1v) is 14.4. The van der Waals surface area contributed by atoms with Crippen molar-refractivity contribution >= 4 is 71.7 Å². The molecule has 0 unspecified atom stereocenters. The molecule has 0 aliphatic heterocycles. The number of furan rings is 2. The Bertz CT molecular complexity index is 2450. The highest BCUT2D eigenvalue weighted by atomic mass is 16.3. The molecule has 0 saturated heterocycles. The molecule has 3 aromatic heterocycles. The Labute approximate surface area is 247 Å². The van der Waals surface area contributed by atoms with Crippen LogP contribution in [0.5, 0.6) is 0 Å². The minimum absolute atomic E-state index is 0.875. The highest BCUT2D eigenvalue weighted by molar-refractivity contribution is 6.19. The lowest BCUT2D eigenvalue weighted by molar-refractivity contribution is 0.669. The molecule has 4 heteroatoms. The number of benzene rings is 6. The van der Waals surface area contributed by atoms with Gasteiger partial charge in [0.05, 0.1) is 0 Å². The van der Waals surface area contributed by atoms with Gasteiger partial charge in [0.2, 0.25) is 0 Å². The molecule has 0 N–H and O–H groups in total. The van der Waals surface area contributed by atoms with Gasteiger partial charge >= 0.3 is 0 Å². The number of rotatable bonds is 4. The van der Waals surface area contributed by atoms with Crippen molar-refractivity contribution in [1.29, 1.82) is 0 Å². The molecular formula is C39H24N2O2. The van der Waals surface area contributed by atoms with Crippen LogP contribution in [0.25, 0.3) is 65.8 Å². The fourth-order valence-electron chi connectivity index (χ4n) is 6.35. The van der Waals surface area contributed by atoms with Gasteiger partial charge in [-0.15, -0.1) is 0 Å². The Morgan fingerprint density at radius 1 is 0.488 bits per heavy atom. The van der Waals surface area contributed by atoms with Crippen molar-refractivity contribution in [3.8, 4) is 11.1 Å². The monoisotopic (exact) mass is 552 g/mol. The van der Waals surface area contributed by atoms with E-state index in [0.29, 0.717) is 0 Å². The first-order valence-electron chi connectivity index (χ1n) is 14.4. The lowest BCUT2D eigenvalue weighted by Gasteiger charge is -2.25. The molecule has 6 aromatic carbocycles. The Kier molecular flexibility index (Phi) is 5.16. The van der Waals surface area contributed by atoms with Crippen LogP contribution in [0.2, 0.25) is 0 Å². The van der Waals surface area contributed by atoms with E-state index >= 15 is 0 Å². The SMILES string of the molecule is c1ccc(N(c2ccc(-c3cccc4oc5c6cnccc6ccc5c34)cc2)c2ccc3oc4ccccc4c3c2)cc1. The molecule has 0 amide bonds. The van der Waals surface area contributed by atoms with Crippen LogP contribution in [0.3, 0.4) is 0 Å². The van der Waals surface area contributed by atoms with Gasteiger partial charge in [-0.25, -0.2) is 0 Å². The number of hydrogen-bond acceptors (Lipinski definition) is 4. The summed E-state index contributed by atoms with van der Waals surface area (Å²) in [6.45, 7) is 0. The lowest BCUT2D eigenvalue weighted by Crippen LogP contribution is -2.09. The fourth-order valence-corrected chi connectivity index (χ4v) is 6.35. The number of hydrogen-bond donors (Lipinski definition) is 0. The van der Waals surface area contributed by atoms with Crippen LogP contribution in [0, 0.1) is 0 Å². The lowest BCUT2D eigenvalue weighted by atomic mass is 9.98. The van der Waals surface area contributed by atoms with E-state index in [2.05, 4.69) is 113 Å². The summed E-state index contributed by atoms with van der Waals surface area (Å²) in [6, 6.07) is 46.5. The smallest absolute Gasteiger partial charge is 0.144 e. The quantitative estimate of drug-likeness (QED) is 0.218. The van der Waals surface area contributed by atoms with Gasteiger partial charge in [-0.1, -0.05) is 66.7 Å². The molecule has 9 rings (SSSR count). The van der Waals surface area contributed by atoms with Crippen LogP contribution >= 0.6 is 0 Å². The van der Waals surface area contributed by atoms with Gasteiger partial charge in [0.1, 0.15) is 22.3 Å². The third-order valence-electron chi connectivity index (χ3n) is 8.35. The number of pyridine rings is 1. The van der Waals surface area contributed by atoms with E-state index in [9.17, 15) is 0 Å². The molecule has 9 aromatic rings. The summed E-state index contributed by atoms with van der Waals surface area (Å²) in [7, 11) is 0. The molecule has 0 atom stereocenters. The van der Waals surface area contributed by atoms with E-state index in [1.54, 1.807) is 0 Å². The maximum atomic E-state index is 6.41. The molecule has 202 valence electrons. The molecule has 0 aliphatic rings. The minimum Gasteiger partial charge on any atom is -0.456 e. The summed E-state index contributed by atoms with van der Waals surface area (Å²) in [4.78, 5) is 6.64. The second-order valence-corrected chi connectivity index (χ2v) is 10.8. The Hall–Kier alpha value is -5.87. The van der Waals surface area contributed by atoms with Gasteiger partial charge in [-0.2, -0.15) is 0 Å². The van der Waals surface area contributed by atoms with E-state index in [0.717, 1.165) is 82.8 Å². The zero-order valence-corrected chi connectivity index (χ0v) is 23.1. The van der Waals surface area contributed by atoms with Crippen molar-refractivity contribution in [3.05, 3.63) is 146 Å². The van der Waals surface area contributed by atoms with Gasteiger partial charge in [-0.05, 0) is 83.2 Å². The maximum absolute atomic E-state index is 6.41. The highest BCUT2D eigenvalue weighted by Gasteiger charge is 2.17. The normalized spacial score (nSPS) is 11.7. The van der Waals surface area contributed by atoms with Gasteiger partial charge in [0.15, 0.2) is 0 Å². The number of fused-ring (bicyclic) bond motifs is 8. The molecular weight excluding hydrogens is 528 g/mol. The van der Waals surface area contributed by atoms with Gasteiger partial charge in [-0.3, -0.25) is 4.98 Å². The standard InChI is InChI=1S/C39H24N2O2/c1-2-7-27(8-3-1)41(29-18-20-36-33(23-29)31-9-4-5-11-35(31)42-36)28-16-13-25(14-17-28)30-10-6-12-37-38(30)32-19-15-26-21-22-40-24-34(26)39(32)43-37/h1-24H. The first kappa shape index (κ1) is 23.8. The molecule has 4 nitrogen and oxygen atoms in total. The van der Waals surface area contributed by atoms with Crippen molar-refractivity contribution in [2.45, 2.75) is 0 Å². The van der Waals surface area contributed by atoms with Gasteiger partial charge in [0, 0.05) is 56.4 Å².